The molecule has 1 N–H and O–H groups in total. The second kappa shape index (κ2) is 6.24. The van der Waals surface area contributed by atoms with Crippen LogP contribution in [0.1, 0.15) is 6.92 Å². The molecule has 6 nitrogen and oxygen atoms in total. The van der Waals surface area contributed by atoms with Crippen molar-refractivity contribution in [1.29, 1.82) is 0 Å². The highest BCUT2D eigenvalue weighted by Gasteiger charge is 2.31. The van der Waals surface area contributed by atoms with Crippen LogP contribution in [-0.2, 0) is 14.8 Å². The minimum absolute atomic E-state index is 0.0144. The summed E-state index contributed by atoms with van der Waals surface area (Å²) in [5.74, 6) is -0.0144. The Hall–Kier alpha value is -2.25. The number of nitrogens with zero attached hydrogens (tertiary/aromatic N) is 2. The molecular formula is C17H18ClN3O3S. The van der Waals surface area contributed by atoms with Gasteiger partial charge >= 0.3 is 0 Å². The highest BCUT2D eigenvalue weighted by Crippen LogP contribution is 2.37. The smallest absolute Gasteiger partial charge is 0.263 e. The van der Waals surface area contributed by atoms with Gasteiger partial charge in [0.15, 0.2) is 0 Å². The zero-order valence-corrected chi connectivity index (χ0v) is 15.6. The summed E-state index contributed by atoms with van der Waals surface area (Å²) in [5, 5.41) is 0.157. The molecule has 0 aliphatic carbocycles. The molecule has 1 heterocycles. The fourth-order valence-corrected chi connectivity index (χ4v) is 4.37. The van der Waals surface area contributed by atoms with Crippen LogP contribution >= 0.6 is 11.6 Å². The number of anilines is 3. The molecule has 1 aliphatic heterocycles. The highest BCUT2D eigenvalue weighted by molar-refractivity contribution is 7.92. The largest absolute Gasteiger partial charge is 0.361 e. The average Bonchev–Trinajstić information content (AvgIpc) is 2.58. The number of nitrogens with one attached hydrogen (secondary N) is 1. The Morgan fingerprint density at radius 2 is 1.76 bits per heavy atom. The summed E-state index contributed by atoms with van der Waals surface area (Å²) in [4.78, 5) is 15.6. The molecule has 25 heavy (non-hydrogen) atoms. The average molecular weight is 380 g/mol. The van der Waals surface area contributed by atoms with Crippen molar-refractivity contribution in [2.45, 2.75) is 17.9 Å². The number of halogens is 1. The van der Waals surface area contributed by atoms with Crippen LogP contribution in [0.2, 0.25) is 5.02 Å². The van der Waals surface area contributed by atoms with E-state index in [2.05, 4.69) is 4.72 Å². The minimum atomic E-state index is -3.81. The first kappa shape index (κ1) is 17.6. The number of carbonyl (C=O) groups excluding carboxylic acids is 1. The van der Waals surface area contributed by atoms with E-state index in [1.807, 2.05) is 11.8 Å². The summed E-state index contributed by atoms with van der Waals surface area (Å²) < 4.78 is 27.7. The van der Waals surface area contributed by atoms with Crippen molar-refractivity contribution in [1.82, 2.24) is 0 Å². The van der Waals surface area contributed by atoms with Gasteiger partial charge in [-0.25, -0.2) is 8.42 Å². The molecule has 0 saturated heterocycles. The summed E-state index contributed by atoms with van der Waals surface area (Å²) in [7, 11) is -0.294. The molecule has 1 atom stereocenters. The lowest BCUT2D eigenvalue weighted by molar-refractivity contribution is -0.119. The molecule has 0 aromatic heterocycles. The van der Waals surface area contributed by atoms with Gasteiger partial charge in [-0.3, -0.25) is 9.52 Å². The van der Waals surface area contributed by atoms with Gasteiger partial charge in [-0.15, -0.1) is 0 Å². The maximum Gasteiger partial charge on any atom is 0.263 e. The molecule has 0 saturated carbocycles. The third-order valence-corrected chi connectivity index (χ3v) is 6.25. The maximum atomic E-state index is 12.6. The summed E-state index contributed by atoms with van der Waals surface area (Å²) >= 11 is 6.00. The predicted octanol–water partition coefficient (Wildman–Crippen LogP) is 2.94. The third kappa shape index (κ3) is 3.05. The number of hydrogen-bond donors (Lipinski definition) is 1. The van der Waals surface area contributed by atoms with Crippen LogP contribution < -0.4 is 14.5 Å². The Morgan fingerprint density at radius 3 is 2.44 bits per heavy atom. The second-order valence-corrected chi connectivity index (χ2v) is 7.98. The Balaban J connectivity index is 1.99. The maximum absolute atomic E-state index is 12.6. The zero-order chi connectivity index (χ0) is 18.4. The topological polar surface area (TPSA) is 69.7 Å². The molecule has 0 radical (unpaired) electrons. The molecule has 0 fully saturated rings. The lowest BCUT2D eigenvalue weighted by atomic mass is 10.1. The summed E-state index contributed by atoms with van der Waals surface area (Å²) in [6.07, 6.45) is 0. The number of benzene rings is 2. The summed E-state index contributed by atoms with van der Waals surface area (Å²) in [5.41, 5.74) is 1.90. The van der Waals surface area contributed by atoms with Crippen molar-refractivity contribution in [3.05, 3.63) is 47.5 Å². The van der Waals surface area contributed by atoms with Gasteiger partial charge in [0.05, 0.1) is 22.1 Å². The van der Waals surface area contributed by atoms with Gasteiger partial charge in [0.2, 0.25) is 5.91 Å². The van der Waals surface area contributed by atoms with Crippen molar-refractivity contribution in [2.75, 3.05) is 28.6 Å². The van der Waals surface area contributed by atoms with E-state index >= 15 is 0 Å². The Morgan fingerprint density at radius 1 is 1.08 bits per heavy atom. The molecule has 0 unspecified atom stereocenters. The van der Waals surface area contributed by atoms with E-state index in [0.29, 0.717) is 5.69 Å². The molecule has 0 bridgehead atoms. The molecular weight excluding hydrogens is 362 g/mol. The molecule has 1 amide bonds. The van der Waals surface area contributed by atoms with Crippen LogP contribution in [-0.4, -0.2) is 34.5 Å². The molecule has 8 heteroatoms. The van der Waals surface area contributed by atoms with E-state index in [1.54, 1.807) is 49.3 Å². The van der Waals surface area contributed by atoms with Crippen LogP contribution in [0.25, 0.3) is 0 Å². The fraction of sp³-hybridized carbons (Fsp3) is 0.235. The molecule has 132 valence electrons. The number of rotatable bonds is 3. The van der Waals surface area contributed by atoms with Crippen molar-refractivity contribution in [2.24, 2.45) is 0 Å². The van der Waals surface area contributed by atoms with Gasteiger partial charge in [0.1, 0.15) is 10.9 Å². The number of amides is 1. The van der Waals surface area contributed by atoms with Gasteiger partial charge < -0.3 is 9.80 Å². The first-order valence-electron chi connectivity index (χ1n) is 7.64. The summed E-state index contributed by atoms with van der Waals surface area (Å²) in [6.45, 7) is 1.81. The van der Waals surface area contributed by atoms with Crippen LogP contribution in [0, 0.1) is 0 Å². The SMILES string of the molecule is C[C@H]1C(=O)N(C)c2ccc(NS(=O)(=O)c3ccccc3Cl)cc2N1C. The molecule has 3 rings (SSSR count). The van der Waals surface area contributed by atoms with E-state index in [1.165, 1.54) is 12.1 Å². The van der Waals surface area contributed by atoms with Gasteiger partial charge in [0.25, 0.3) is 10.0 Å². The van der Waals surface area contributed by atoms with Crippen molar-refractivity contribution in [3.63, 3.8) is 0 Å². The number of sulfonamides is 1. The third-order valence-electron chi connectivity index (χ3n) is 4.36. The highest BCUT2D eigenvalue weighted by atomic mass is 35.5. The first-order valence-corrected chi connectivity index (χ1v) is 9.50. The molecule has 0 spiro atoms. The van der Waals surface area contributed by atoms with E-state index in [4.69, 9.17) is 11.6 Å². The van der Waals surface area contributed by atoms with Crippen LogP contribution in [0.5, 0.6) is 0 Å². The summed E-state index contributed by atoms with van der Waals surface area (Å²) in [6, 6.07) is 11.0. The van der Waals surface area contributed by atoms with Crippen LogP contribution in [0.3, 0.4) is 0 Å². The zero-order valence-electron chi connectivity index (χ0n) is 14.0. The minimum Gasteiger partial charge on any atom is -0.361 e. The Bertz CT molecular complexity index is 946. The Kier molecular flexibility index (Phi) is 4.38. The number of fused-ring (bicyclic) bond motifs is 1. The molecule has 2 aromatic rings. The lowest BCUT2D eigenvalue weighted by Crippen LogP contribution is -2.48. The molecule has 2 aromatic carbocycles. The van der Waals surface area contributed by atoms with Crippen molar-refractivity contribution >= 4 is 44.6 Å². The lowest BCUT2D eigenvalue weighted by Gasteiger charge is -2.38. The van der Waals surface area contributed by atoms with Crippen molar-refractivity contribution < 1.29 is 13.2 Å². The van der Waals surface area contributed by atoms with E-state index in [0.717, 1.165) is 11.4 Å². The van der Waals surface area contributed by atoms with Gasteiger partial charge in [-0.1, -0.05) is 23.7 Å². The van der Waals surface area contributed by atoms with E-state index in [9.17, 15) is 13.2 Å². The predicted molar refractivity (Wildman–Crippen MR) is 100.0 cm³/mol. The van der Waals surface area contributed by atoms with Gasteiger partial charge in [0, 0.05) is 14.1 Å². The quantitative estimate of drug-likeness (QED) is 0.890. The number of likely N-dealkylation sites (N-methyl/N-ethyl adjacent to an activating group) is 2. The fourth-order valence-electron chi connectivity index (χ4n) is 2.80. The second-order valence-electron chi connectivity index (χ2n) is 5.92. The number of hydrogen-bond acceptors (Lipinski definition) is 4. The normalized spacial score (nSPS) is 17.4. The first-order chi connectivity index (χ1) is 11.7. The van der Waals surface area contributed by atoms with Crippen molar-refractivity contribution in [3.8, 4) is 0 Å². The Labute approximate surface area is 152 Å². The van der Waals surface area contributed by atoms with Gasteiger partial charge in [-0.2, -0.15) is 0 Å². The van der Waals surface area contributed by atoms with Crippen LogP contribution in [0.15, 0.2) is 47.4 Å². The van der Waals surface area contributed by atoms with Crippen LogP contribution in [0.4, 0.5) is 17.1 Å². The standard InChI is InChI=1S/C17H18ClN3O3S/c1-11-17(22)21(3)14-9-8-12(10-15(14)20(11)2)19-25(23,24)16-7-5-4-6-13(16)18/h4-11,19H,1-3H3/t11-/m0/s1. The van der Waals surface area contributed by atoms with Gasteiger partial charge in [-0.05, 0) is 37.3 Å². The van der Waals surface area contributed by atoms with E-state index in [-0.39, 0.29) is 21.9 Å². The number of carbonyl (C=O) groups is 1. The molecule has 1 aliphatic rings. The van der Waals surface area contributed by atoms with E-state index < -0.39 is 10.0 Å². The monoisotopic (exact) mass is 379 g/mol.